The van der Waals surface area contributed by atoms with Gasteiger partial charge in [-0.1, -0.05) is 70.1 Å². The van der Waals surface area contributed by atoms with Crippen LogP contribution < -0.4 is 0 Å². The normalized spacial score (nSPS) is 14.1. The lowest BCUT2D eigenvalue weighted by molar-refractivity contribution is -0.137. The van der Waals surface area contributed by atoms with E-state index in [4.69, 9.17) is 5.11 Å². The molecule has 0 saturated carbocycles. The van der Waals surface area contributed by atoms with E-state index in [1.807, 2.05) is 18.2 Å². The van der Waals surface area contributed by atoms with Crippen molar-refractivity contribution in [3.8, 4) is 0 Å². The molecule has 3 nitrogen and oxygen atoms in total. The fourth-order valence-corrected chi connectivity index (χ4v) is 2.52. The van der Waals surface area contributed by atoms with Gasteiger partial charge in [-0.3, -0.25) is 4.79 Å². The van der Waals surface area contributed by atoms with E-state index < -0.39 is 12.1 Å². The molecule has 0 aliphatic carbocycles. The molecule has 0 rings (SSSR count). The van der Waals surface area contributed by atoms with Crippen LogP contribution in [0.1, 0.15) is 85.0 Å². The van der Waals surface area contributed by atoms with Crippen molar-refractivity contribution in [1.29, 1.82) is 0 Å². The number of rotatable bonds is 15. The predicted molar refractivity (Wildman–Crippen MR) is 107 cm³/mol. The quantitative estimate of drug-likeness (QED) is 0.215. The highest BCUT2D eigenvalue weighted by Gasteiger charge is 2.24. The molecule has 25 heavy (non-hydrogen) atoms. The van der Waals surface area contributed by atoms with E-state index in [-0.39, 0.29) is 11.8 Å². The molecule has 0 radical (unpaired) electrons. The maximum absolute atomic E-state index is 10.4. The monoisotopic (exact) mass is 350 g/mol. The molecular weight excluding hydrogens is 312 g/mol. The average molecular weight is 351 g/mol. The third-order valence-corrected chi connectivity index (χ3v) is 4.44. The molecule has 0 aromatic heterocycles. The Labute approximate surface area is 154 Å². The lowest BCUT2D eigenvalue weighted by Gasteiger charge is -2.28. The van der Waals surface area contributed by atoms with Crippen molar-refractivity contribution in [3.05, 3.63) is 36.5 Å². The molecule has 3 heteroatoms. The van der Waals surface area contributed by atoms with Crippen LogP contribution in [0.25, 0.3) is 0 Å². The van der Waals surface area contributed by atoms with E-state index in [1.165, 1.54) is 0 Å². The number of aliphatic hydroxyl groups is 1. The van der Waals surface area contributed by atoms with Gasteiger partial charge in [-0.15, -0.1) is 0 Å². The Bertz CT molecular complexity index is 419. The highest BCUT2D eigenvalue weighted by molar-refractivity contribution is 5.66. The van der Waals surface area contributed by atoms with E-state index in [0.29, 0.717) is 0 Å². The number of unbranched alkanes of at least 4 members (excludes halogenated alkanes) is 5. The second kappa shape index (κ2) is 14.9. The molecular formula is C22H38O3. The van der Waals surface area contributed by atoms with E-state index in [0.717, 1.165) is 57.8 Å². The van der Waals surface area contributed by atoms with E-state index >= 15 is 0 Å². The van der Waals surface area contributed by atoms with Gasteiger partial charge in [-0.2, -0.15) is 0 Å². The van der Waals surface area contributed by atoms with Crippen LogP contribution in [0.4, 0.5) is 0 Å². The van der Waals surface area contributed by atoms with Crippen LogP contribution in [-0.2, 0) is 4.79 Å². The summed E-state index contributed by atoms with van der Waals surface area (Å²) in [6.45, 7) is 6.42. The zero-order valence-electron chi connectivity index (χ0n) is 16.4. The summed E-state index contributed by atoms with van der Waals surface area (Å²) in [6.07, 6.45) is 21.5. The van der Waals surface area contributed by atoms with Gasteiger partial charge in [0.2, 0.25) is 0 Å². The van der Waals surface area contributed by atoms with E-state index in [9.17, 15) is 9.90 Å². The Kier molecular flexibility index (Phi) is 14.1. The van der Waals surface area contributed by atoms with Crippen LogP contribution in [0, 0.1) is 5.41 Å². The van der Waals surface area contributed by atoms with Gasteiger partial charge in [0.05, 0.1) is 6.10 Å². The van der Waals surface area contributed by atoms with E-state index in [2.05, 4.69) is 39.0 Å². The Hall–Kier alpha value is -1.35. The highest BCUT2D eigenvalue weighted by atomic mass is 16.4. The van der Waals surface area contributed by atoms with Crippen molar-refractivity contribution in [3.63, 3.8) is 0 Å². The molecule has 0 spiro atoms. The van der Waals surface area contributed by atoms with Gasteiger partial charge in [-0.25, -0.2) is 0 Å². The second-order valence-electron chi connectivity index (χ2n) is 7.39. The summed E-state index contributed by atoms with van der Waals surface area (Å²) in [5.41, 5.74) is -0.0584. The first-order valence-electron chi connectivity index (χ1n) is 9.78. The Balaban J connectivity index is 3.71. The molecule has 0 aromatic rings. The first-order valence-corrected chi connectivity index (χ1v) is 9.78. The maximum Gasteiger partial charge on any atom is 0.303 e. The second-order valence-corrected chi connectivity index (χ2v) is 7.39. The topological polar surface area (TPSA) is 57.5 Å². The van der Waals surface area contributed by atoms with Crippen LogP contribution in [-0.4, -0.2) is 22.3 Å². The summed E-state index contributed by atoms with van der Waals surface area (Å²) in [5, 5.41) is 18.8. The molecule has 0 aromatic carbocycles. The molecule has 0 aliphatic heterocycles. The largest absolute Gasteiger partial charge is 0.481 e. The first kappa shape index (κ1) is 23.6. The average Bonchev–Trinajstić information content (AvgIpc) is 2.56. The predicted octanol–water partition coefficient (Wildman–Crippen LogP) is 6.05. The molecule has 0 aliphatic rings. The molecule has 2 N–H and O–H groups in total. The molecule has 0 saturated heterocycles. The van der Waals surface area contributed by atoms with Gasteiger partial charge in [0.1, 0.15) is 0 Å². The van der Waals surface area contributed by atoms with Crippen molar-refractivity contribution in [2.24, 2.45) is 5.41 Å². The van der Waals surface area contributed by atoms with Gasteiger partial charge in [0, 0.05) is 6.42 Å². The summed E-state index contributed by atoms with van der Waals surface area (Å²) in [4.78, 5) is 10.4. The first-order chi connectivity index (χ1) is 11.9. The fourth-order valence-electron chi connectivity index (χ4n) is 2.52. The molecule has 0 bridgehead atoms. The van der Waals surface area contributed by atoms with Crippen LogP contribution in [0.3, 0.4) is 0 Å². The summed E-state index contributed by atoms with van der Waals surface area (Å²) in [7, 11) is 0. The lowest BCUT2D eigenvalue weighted by Crippen LogP contribution is -2.27. The summed E-state index contributed by atoms with van der Waals surface area (Å²) in [5.74, 6) is -0.716. The number of hydrogen-bond acceptors (Lipinski definition) is 2. The van der Waals surface area contributed by atoms with Gasteiger partial charge >= 0.3 is 5.97 Å². The zero-order chi connectivity index (χ0) is 19.0. The van der Waals surface area contributed by atoms with Crippen molar-refractivity contribution < 1.29 is 15.0 Å². The standard InChI is InChI=1S/C22H38O3/c1-4-5-19-22(2,3)20(23)17-15-13-11-9-7-6-8-10-12-14-16-18-21(24)25/h10-13,15,17,20,23H,4-9,14,16,18-19H2,1-3H3,(H,24,25). The number of carboxylic acid groups (broad SMARTS) is 1. The molecule has 1 unspecified atom stereocenters. The van der Waals surface area contributed by atoms with Crippen LogP contribution in [0.15, 0.2) is 36.5 Å². The minimum absolute atomic E-state index is 0.0584. The third kappa shape index (κ3) is 14.7. The van der Waals surface area contributed by atoms with Gasteiger partial charge in [0.25, 0.3) is 0 Å². The number of hydrogen-bond donors (Lipinski definition) is 2. The van der Waals surface area contributed by atoms with Crippen molar-refractivity contribution in [1.82, 2.24) is 0 Å². The number of allylic oxidation sites excluding steroid dienone is 5. The Morgan fingerprint density at radius 3 is 2.16 bits per heavy atom. The Morgan fingerprint density at radius 2 is 1.56 bits per heavy atom. The maximum atomic E-state index is 10.4. The third-order valence-electron chi connectivity index (χ3n) is 4.44. The van der Waals surface area contributed by atoms with Gasteiger partial charge < -0.3 is 10.2 Å². The highest BCUT2D eigenvalue weighted by Crippen LogP contribution is 2.28. The molecule has 0 fully saturated rings. The van der Waals surface area contributed by atoms with Gasteiger partial charge in [-0.05, 0) is 50.4 Å². The van der Waals surface area contributed by atoms with Crippen LogP contribution in [0.2, 0.25) is 0 Å². The summed E-state index contributed by atoms with van der Waals surface area (Å²) >= 11 is 0. The minimum Gasteiger partial charge on any atom is -0.481 e. The lowest BCUT2D eigenvalue weighted by atomic mass is 9.81. The van der Waals surface area contributed by atoms with Crippen molar-refractivity contribution in [2.45, 2.75) is 91.1 Å². The van der Waals surface area contributed by atoms with E-state index in [1.54, 1.807) is 0 Å². The molecule has 0 heterocycles. The summed E-state index contributed by atoms with van der Waals surface area (Å²) < 4.78 is 0. The Morgan fingerprint density at radius 1 is 0.960 bits per heavy atom. The number of carboxylic acids is 1. The number of aliphatic hydroxyl groups excluding tert-OH is 1. The zero-order valence-corrected chi connectivity index (χ0v) is 16.4. The smallest absolute Gasteiger partial charge is 0.303 e. The van der Waals surface area contributed by atoms with Crippen molar-refractivity contribution >= 4 is 5.97 Å². The molecule has 0 amide bonds. The SMILES string of the molecule is CCCCC(C)(C)C(O)C=CC=CCCCCC=CCCCC(=O)O. The minimum atomic E-state index is -0.716. The van der Waals surface area contributed by atoms with Crippen LogP contribution >= 0.6 is 0 Å². The van der Waals surface area contributed by atoms with Gasteiger partial charge in [0.15, 0.2) is 0 Å². The van der Waals surface area contributed by atoms with Crippen LogP contribution in [0.5, 0.6) is 0 Å². The molecule has 1 atom stereocenters. The number of aliphatic carboxylic acids is 1. The molecule has 144 valence electrons. The van der Waals surface area contributed by atoms with Crippen molar-refractivity contribution in [2.75, 3.05) is 0 Å². The number of carbonyl (C=O) groups is 1. The summed E-state index contributed by atoms with van der Waals surface area (Å²) in [6, 6.07) is 0. The fraction of sp³-hybridized carbons (Fsp3) is 0.682.